The third kappa shape index (κ3) is 3.51. The van der Waals surface area contributed by atoms with Crippen molar-refractivity contribution < 1.29 is 14.6 Å². The van der Waals surface area contributed by atoms with Crippen LogP contribution >= 0.6 is 0 Å². The van der Waals surface area contributed by atoms with E-state index in [1.165, 1.54) is 0 Å². The van der Waals surface area contributed by atoms with Gasteiger partial charge in [0.15, 0.2) is 0 Å². The maximum atomic E-state index is 12.5. The van der Waals surface area contributed by atoms with Crippen molar-refractivity contribution in [2.45, 2.75) is 44.4 Å². The van der Waals surface area contributed by atoms with Crippen molar-refractivity contribution in [3.05, 3.63) is 42.1 Å². The Hall–Kier alpha value is -2.41. The molecule has 1 saturated carbocycles. The smallest absolute Gasteiger partial charge is 0.253 e. The molecule has 7 heteroatoms. The number of hydrogen-bond donors (Lipinski definition) is 2. The molecular formula is C18H22N4O3. The monoisotopic (exact) mass is 342 g/mol. The first kappa shape index (κ1) is 16.1. The minimum absolute atomic E-state index is 0.187. The first-order valence-electron chi connectivity index (χ1n) is 8.75. The zero-order valence-electron chi connectivity index (χ0n) is 14.0. The maximum absolute atomic E-state index is 12.5. The minimum atomic E-state index is -0.522. The van der Waals surface area contributed by atoms with Crippen LogP contribution in [0.5, 0.6) is 5.88 Å². The quantitative estimate of drug-likeness (QED) is 0.871. The second-order valence-electron chi connectivity index (χ2n) is 6.88. The topological polar surface area (TPSA) is 89.3 Å². The second-order valence-corrected chi connectivity index (χ2v) is 6.88. The lowest BCUT2D eigenvalue weighted by Gasteiger charge is -2.19. The van der Waals surface area contributed by atoms with Crippen LogP contribution in [-0.4, -0.2) is 44.3 Å². The number of amides is 1. The number of rotatable bonds is 4. The predicted molar refractivity (Wildman–Crippen MR) is 90.3 cm³/mol. The van der Waals surface area contributed by atoms with E-state index in [0.717, 1.165) is 31.4 Å². The summed E-state index contributed by atoms with van der Waals surface area (Å²) >= 11 is 0. The molecule has 1 aliphatic heterocycles. The molecule has 0 aromatic carbocycles. The van der Waals surface area contributed by atoms with Gasteiger partial charge in [-0.1, -0.05) is 0 Å². The summed E-state index contributed by atoms with van der Waals surface area (Å²) in [5.41, 5.74) is 1.50. The summed E-state index contributed by atoms with van der Waals surface area (Å²) in [4.78, 5) is 20.8. The molecule has 1 fully saturated rings. The Morgan fingerprint density at radius 2 is 2.36 bits per heavy atom. The Labute approximate surface area is 146 Å². The van der Waals surface area contributed by atoms with E-state index in [4.69, 9.17) is 4.74 Å². The van der Waals surface area contributed by atoms with Crippen molar-refractivity contribution in [1.82, 2.24) is 19.9 Å². The Bertz CT molecular complexity index is 747. The number of aromatic nitrogens is 3. The molecule has 1 unspecified atom stereocenters. The van der Waals surface area contributed by atoms with E-state index in [2.05, 4.69) is 15.3 Å². The number of carbonyl (C=O) groups excluding carboxylic acids is 1. The van der Waals surface area contributed by atoms with Gasteiger partial charge < -0.3 is 19.7 Å². The largest absolute Gasteiger partial charge is 0.477 e. The highest BCUT2D eigenvalue weighted by Gasteiger charge is 2.34. The number of aliphatic hydroxyl groups excluding tert-OH is 1. The maximum Gasteiger partial charge on any atom is 0.253 e. The standard InChI is InChI=1S/C18H22N4O3/c23-16-7-12(10-22-4-3-19-11-22)6-15(16)21-17(24)14-8-13-2-1-5-25-18(13)20-9-14/h3-4,8-9,11-12,15-16,23H,1-2,5-7,10H2,(H,21,24)/t12?,15-,16-/m1/s1. The Balaban J connectivity index is 1.39. The van der Waals surface area contributed by atoms with Gasteiger partial charge in [-0.2, -0.15) is 0 Å². The van der Waals surface area contributed by atoms with Crippen LogP contribution in [0.25, 0.3) is 0 Å². The number of imidazole rings is 1. The number of pyridine rings is 1. The third-order valence-corrected chi connectivity index (χ3v) is 4.99. The van der Waals surface area contributed by atoms with E-state index >= 15 is 0 Å². The number of ether oxygens (including phenoxy) is 1. The lowest BCUT2D eigenvalue weighted by Crippen LogP contribution is -2.40. The molecule has 0 bridgehead atoms. The molecule has 3 atom stereocenters. The van der Waals surface area contributed by atoms with Gasteiger partial charge in [0.05, 0.1) is 30.6 Å². The number of hydrogen-bond acceptors (Lipinski definition) is 5. The van der Waals surface area contributed by atoms with Crippen LogP contribution in [0.15, 0.2) is 31.0 Å². The van der Waals surface area contributed by atoms with Gasteiger partial charge in [-0.25, -0.2) is 9.97 Å². The van der Waals surface area contributed by atoms with Gasteiger partial charge >= 0.3 is 0 Å². The van der Waals surface area contributed by atoms with Crippen LogP contribution in [0.4, 0.5) is 0 Å². The van der Waals surface area contributed by atoms with E-state index in [0.29, 0.717) is 30.4 Å². The van der Waals surface area contributed by atoms with Crippen molar-refractivity contribution in [3.63, 3.8) is 0 Å². The van der Waals surface area contributed by atoms with Gasteiger partial charge in [0.2, 0.25) is 5.88 Å². The average molecular weight is 342 g/mol. The van der Waals surface area contributed by atoms with Crippen LogP contribution < -0.4 is 10.1 Å². The predicted octanol–water partition coefficient (Wildman–Crippen LogP) is 1.17. The molecule has 1 amide bonds. The zero-order chi connectivity index (χ0) is 17.2. The van der Waals surface area contributed by atoms with Gasteiger partial charge in [-0.05, 0) is 37.7 Å². The lowest BCUT2D eigenvalue weighted by atomic mass is 10.1. The van der Waals surface area contributed by atoms with Gasteiger partial charge in [-0.3, -0.25) is 4.79 Å². The van der Waals surface area contributed by atoms with E-state index < -0.39 is 6.10 Å². The fourth-order valence-corrected chi connectivity index (χ4v) is 3.73. The van der Waals surface area contributed by atoms with Crippen LogP contribution in [0.1, 0.15) is 35.2 Å². The molecule has 0 spiro atoms. The molecule has 0 saturated heterocycles. The fraction of sp³-hybridized carbons (Fsp3) is 0.500. The average Bonchev–Trinajstić information content (AvgIpc) is 3.25. The Morgan fingerprint density at radius 3 is 3.20 bits per heavy atom. The number of aryl methyl sites for hydroxylation is 1. The van der Waals surface area contributed by atoms with Crippen molar-refractivity contribution in [1.29, 1.82) is 0 Å². The summed E-state index contributed by atoms with van der Waals surface area (Å²) < 4.78 is 7.49. The highest BCUT2D eigenvalue weighted by Crippen LogP contribution is 2.28. The molecule has 4 rings (SSSR count). The van der Waals surface area contributed by atoms with Gasteiger partial charge in [0.1, 0.15) is 0 Å². The zero-order valence-corrected chi connectivity index (χ0v) is 14.0. The van der Waals surface area contributed by atoms with Crippen LogP contribution in [-0.2, 0) is 13.0 Å². The van der Waals surface area contributed by atoms with Crippen molar-refractivity contribution in [2.75, 3.05) is 6.61 Å². The number of nitrogens with one attached hydrogen (secondary N) is 1. The molecule has 2 aliphatic rings. The van der Waals surface area contributed by atoms with E-state index in [1.54, 1.807) is 18.7 Å². The molecule has 2 N–H and O–H groups in total. The number of nitrogens with zero attached hydrogens (tertiary/aromatic N) is 3. The lowest BCUT2D eigenvalue weighted by molar-refractivity contribution is 0.0872. The summed E-state index contributed by atoms with van der Waals surface area (Å²) in [6.45, 7) is 1.49. The second kappa shape index (κ2) is 6.84. The van der Waals surface area contributed by atoms with E-state index in [9.17, 15) is 9.90 Å². The fourth-order valence-electron chi connectivity index (χ4n) is 3.73. The van der Waals surface area contributed by atoms with Crippen molar-refractivity contribution >= 4 is 5.91 Å². The third-order valence-electron chi connectivity index (χ3n) is 4.99. The summed E-state index contributed by atoms with van der Waals surface area (Å²) in [5, 5.41) is 13.3. The number of aliphatic hydroxyl groups is 1. The number of fused-ring (bicyclic) bond motifs is 1. The summed E-state index contributed by atoms with van der Waals surface area (Å²) in [7, 11) is 0. The first-order valence-corrected chi connectivity index (χ1v) is 8.75. The summed E-state index contributed by atoms with van der Waals surface area (Å²) in [6, 6.07) is 1.62. The molecule has 132 valence electrons. The number of carbonyl (C=O) groups is 1. The van der Waals surface area contributed by atoms with Gasteiger partial charge in [-0.15, -0.1) is 0 Å². The van der Waals surface area contributed by atoms with Crippen LogP contribution in [0, 0.1) is 5.92 Å². The van der Waals surface area contributed by atoms with Gasteiger partial charge in [0, 0.05) is 30.7 Å². The molecular weight excluding hydrogens is 320 g/mol. The van der Waals surface area contributed by atoms with E-state index in [1.807, 2.05) is 16.8 Å². The van der Waals surface area contributed by atoms with E-state index in [-0.39, 0.29) is 11.9 Å². The molecule has 25 heavy (non-hydrogen) atoms. The normalized spacial score (nSPS) is 25.2. The highest BCUT2D eigenvalue weighted by molar-refractivity contribution is 5.94. The van der Waals surface area contributed by atoms with Crippen LogP contribution in [0.2, 0.25) is 0 Å². The SMILES string of the molecule is O=C(N[C@@H]1CC(Cn2ccnc2)C[C@H]1O)c1cnc2c(c1)CCCO2. The van der Waals surface area contributed by atoms with Gasteiger partial charge in [0.25, 0.3) is 5.91 Å². The molecule has 0 radical (unpaired) electrons. The molecule has 2 aromatic heterocycles. The summed E-state index contributed by atoms with van der Waals surface area (Å²) in [6.07, 6.45) is 9.72. The van der Waals surface area contributed by atoms with Crippen molar-refractivity contribution in [3.8, 4) is 5.88 Å². The molecule has 2 aromatic rings. The van der Waals surface area contributed by atoms with Crippen LogP contribution in [0.3, 0.4) is 0 Å². The Morgan fingerprint density at radius 1 is 1.44 bits per heavy atom. The molecule has 1 aliphatic carbocycles. The Kier molecular flexibility index (Phi) is 4.40. The van der Waals surface area contributed by atoms with Crippen molar-refractivity contribution in [2.24, 2.45) is 5.92 Å². The highest BCUT2D eigenvalue weighted by atomic mass is 16.5. The molecule has 3 heterocycles. The summed E-state index contributed by atoms with van der Waals surface area (Å²) in [5.74, 6) is 0.766. The molecule has 7 nitrogen and oxygen atoms in total. The first-order chi connectivity index (χ1) is 12.2. The minimum Gasteiger partial charge on any atom is -0.477 e.